The fourth-order valence-corrected chi connectivity index (χ4v) is 6.70. The smallest absolute Gasteiger partial charge is 0.306 e. The van der Waals surface area contributed by atoms with Gasteiger partial charge < -0.3 is 39.4 Å². The quantitative estimate of drug-likeness (QED) is 0.0269. The van der Waals surface area contributed by atoms with Gasteiger partial charge >= 0.3 is 11.9 Å². The maximum Gasteiger partial charge on any atom is 0.306 e. The highest BCUT2D eigenvalue weighted by Crippen LogP contribution is 2.22. The maximum absolute atomic E-state index is 12.8. The number of hydrogen-bond donors (Lipinski definition) is 4. The highest BCUT2D eigenvalue weighted by Gasteiger charge is 2.44. The Bertz CT molecular complexity index is 1150. The molecule has 1 saturated heterocycles. The van der Waals surface area contributed by atoms with E-state index in [1.54, 1.807) is 0 Å². The Labute approximate surface area is 358 Å². The topological polar surface area (TPSA) is 152 Å². The maximum atomic E-state index is 12.8. The van der Waals surface area contributed by atoms with E-state index < -0.39 is 55.4 Å². The van der Waals surface area contributed by atoms with Crippen LogP contribution in [0.25, 0.3) is 0 Å². The molecule has 4 N–H and O–H groups in total. The van der Waals surface area contributed by atoms with Crippen molar-refractivity contribution in [3.05, 3.63) is 60.8 Å². The van der Waals surface area contributed by atoms with Crippen molar-refractivity contribution in [2.45, 2.75) is 218 Å². The van der Waals surface area contributed by atoms with Crippen LogP contribution in [0.5, 0.6) is 0 Å². The van der Waals surface area contributed by atoms with E-state index in [9.17, 15) is 30.0 Å². The molecule has 10 heteroatoms. The molecule has 1 fully saturated rings. The first-order valence-corrected chi connectivity index (χ1v) is 23.4. The van der Waals surface area contributed by atoms with E-state index in [1.165, 1.54) is 44.9 Å². The van der Waals surface area contributed by atoms with Gasteiger partial charge in [-0.15, -0.1) is 0 Å². The minimum atomic E-state index is -1.60. The molecule has 1 rings (SSSR count). The standard InChI is InChI=1S/C49H84O10/c1-3-5-7-9-11-13-15-17-19-20-21-22-24-26-28-30-32-34-36-38-45(52)58-42(41-57-49-48(55)47(54)46(53)43(39-50)59-49)40-56-44(51)37-35-33-31-29-27-25-23-18-16-14-12-10-8-6-4-2/h5,7,11,13,17-19,21-23,42-43,46-50,53-55H,3-4,6,8-10,12,14-16,20,24-41H2,1-2H3/b7-5-,13-11-,19-17-,22-21-,23-18-. The number of rotatable bonds is 38. The summed E-state index contributed by atoms with van der Waals surface area (Å²) in [5.41, 5.74) is 0. The fraction of sp³-hybridized carbons (Fsp3) is 0.755. The second-order valence-corrected chi connectivity index (χ2v) is 15.8. The van der Waals surface area contributed by atoms with Crippen molar-refractivity contribution in [3.63, 3.8) is 0 Å². The van der Waals surface area contributed by atoms with Crippen LogP contribution in [-0.4, -0.2) is 89.0 Å². The largest absolute Gasteiger partial charge is 0.462 e. The van der Waals surface area contributed by atoms with Crippen LogP contribution in [0.4, 0.5) is 0 Å². The van der Waals surface area contributed by atoms with E-state index in [0.29, 0.717) is 12.8 Å². The van der Waals surface area contributed by atoms with E-state index in [-0.39, 0.29) is 26.1 Å². The summed E-state index contributed by atoms with van der Waals surface area (Å²) >= 11 is 0. The summed E-state index contributed by atoms with van der Waals surface area (Å²) in [6, 6.07) is 0. The number of unbranched alkanes of at least 4 members (excludes halogenated alkanes) is 17. The molecule has 59 heavy (non-hydrogen) atoms. The summed E-state index contributed by atoms with van der Waals surface area (Å²) in [4.78, 5) is 25.4. The van der Waals surface area contributed by atoms with E-state index >= 15 is 0 Å². The Balaban J connectivity index is 2.33. The first kappa shape index (κ1) is 54.4. The molecule has 0 aromatic rings. The molecular formula is C49H84O10. The molecule has 0 spiro atoms. The Morgan fingerprint density at radius 3 is 1.53 bits per heavy atom. The van der Waals surface area contributed by atoms with Crippen molar-refractivity contribution < 1.29 is 49.0 Å². The number of carbonyl (C=O) groups is 2. The summed E-state index contributed by atoms with van der Waals surface area (Å²) in [5.74, 6) is -0.835. The summed E-state index contributed by atoms with van der Waals surface area (Å²) in [6.07, 6.45) is 40.8. The summed E-state index contributed by atoms with van der Waals surface area (Å²) in [6.45, 7) is 3.28. The number of aliphatic hydroxyl groups excluding tert-OH is 4. The highest BCUT2D eigenvalue weighted by molar-refractivity contribution is 5.70. The Morgan fingerprint density at radius 2 is 1.00 bits per heavy atom. The molecule has 6 unspecified atom stereocenters. The van der Waals surface area contributed by atoms with Gasteiger partial charge in [0.15, 0.2) is 12.4 Å². The van der Waals surface area contributed by atoms with Crippen LogP contribution >= 0.6 is 0 Å². The van der Waals surface area contributed by atoms with Gasteiger partial charge in [-0.05, 0) is 77.0 Å². The molecule has 0 aromatic carbocycles. The fourth-order valence-electron chi connectivity index (χ4n) is 6.70. The van der Waals surface area contributed by atoms with Gasteiger partial charge in [-0.1, -0.05) is 152 Å². The van der Waals surface area contributed by atoms with Gasteiger partial charge in [0, 0.05) is 12.8 Å². The van der Waals surface area contributed by atoms with Crippen molar-refractivity contribution in [2.75, 3.05) is 19.8 Å². The minimum Gasteiger partial charge on any atom is -0.462 e. The SMILES string of the molecule is CC/C=C\C/C=C\C/C=C\C/C=C\CCCCCCCCC(=O)OC(COC(=O)CCCCCCC/C=C\CCCCCCCC)COC1OC(CO)C(O)C(O)C1O. The van der Waals surface area contributed by atoms with Crippen LogP contribution < -0.4 is 0 Å². The van der Waals surface area contributed by atoms with Crippen molar-refractivity contribution in [1.82, 2.24) is 0 Å². The predicted molar refractivity (Wildman–Crippen MR) is 238 cm³/mol. The van der Waals surface area contributed by atoms with Crippen LogP contribution in [0.1, 0.15) is 181 Å². The lowest BCUT2D eigenvalue weighted by atomic mass is 9.99. The third-order valence-electron chi connectivity index (χ3n) is 10.4. The third kappa shape index (κ3) is 31.0. The lowest BCUT2D eigenvalue weighted by Crippen LogP contribution is -2.59. The molecule has 0 saturated carbocycles. The van der Waals surface area contributed by atoms with E-state index in [2.05, 4.69) is 74.6 Å². The van der Waals surface area contributed by atoms with E-state index in [1.807, 2.05) is 0 Å². The Morgan fingerprint density at radius 1 is 0.542 bits per heavy atom. The van der Waals surface area contributed by atoms with Gasteiger partial charge in [-0.25, -0.2) is 0 Å². The van der Waals surface area contributed by atoms with Crippen LogP contribution in [0, 0.1) is 0 Å². The molecule has 340 valence electrons. The number of allylic oxidation sites excluding steroid dienone is 10. The molecule has 6 atom stereocenters. The number of aliphatic hydroxyl groups is 4. The van der Waals surface area contributed by atoms with Crippen LogP contribution in [0.3, 0.4) is 0 Å². The second-order valence-electron chi connectivity index (χ2n) is 15.8. The molecule has 0 aliphatic carbocycles. The average molecular weight is 833 g/mol. The average Bonchev–Trinajstić information content (AvgIpc) is 3.23. The molecular weight excluding hydrogens is 749 g/mol. The molecule has 1 heterocycles. The van der Waals surface area contributed by atoms with E-state index in [0.717, 1.165) is 96.3 Å². The Hall–Kier alpha value is -2.60. The normalized spacial score (nSPS) is 20.5. The summed E-state index contributed by atoms with van der Waals surface area (Å²) in [7, 11) is 0. The van der Waals surface area contributed by atoms with Crippen LogP contribution in [0.2, 0.25) is 0 Å². The summed E-state index contributed by atoms with van der Waals surface area (Å²) in [5, 5.41) is 40.1. The van der Waals surface area contributed by atoms with Crippen molar-refractivity contribution in [1.29, 1.82) is 0 Å². The van der Waals surface area contributed by atoms with Crippen molar-refractivity contribution in [3.8, 4) is 0 Å². The van der Waals surface area contributed by atoms with Gasteiger partial charge in [0.2, 0.25) is 0 Å². The monoisotopic (exact) mass is 833 g/mol. The number of esters is 2. The lowest BCUT2D eigenvalue weighted by molar-refractivity contribution is -0.305. The number of ether oxygens (including phenoxy) is 4. The van der Waals surface area contributed by atoms with Gasteiger partial charge in [-0.2, -0.15) is 0 Å². The molecule has 1 aliphatic heterocycles. The number of hydrogen-bond acceptors (Lipinski definition) is 10. The first-order chi connectivity index (χ1) is 28.8. The van der Waals surface area contributed by atoms with Crippen LogP contribution in [0.15, 0.2) is 60.8 Å². The van der Waals surface area contributed by atoms with Gasteiger partial charge in [-0.3, -0.25) is 9.59 Å². The second kappa shape index (κ2) is 39.5. The van der Waals surface area contributed by atoms with Crippen LogP contribution in [-0.2, 0) is 28.5 Å². The lowest BCUT2D eigenvalue weighted by Gasteiger charge is -2.39. The molecule has 10 nitrogen and oxygen atoms in total. The van der Waals surface area contributed by atoms with Crippen molar-refractivity contribution >= 4 is 11.9 Å². The minimum absolute atomic E-state index is 0.210. The molecule has 0 aromatic heterocycles. The van der Waals surface area contributed by atoms with Gasteiger partial charge in [0.25, 0.3) is 0 Å². The molecule has 0 bridgehead atoms. The zero-order valence-electron chi connectivity index (χ0n) is 37.0. The molecule has 1 aliphatic rings. The molecule has 0 radical (unpaired) electrons. The van der Waals surface area contributed by atoms with E-state index in [4.69, 9.17) is 18.9 Å². The molecule has 0 amide bonds. The number of carbonyl (C=O) groups excluding carboxylic acids is 2. The zero-order chi connectivity index (χ0) is 43.0. The first-order valence-electron chi connectivity index (χ1n) is 23.4. The third-order valence-corrected chi connectivity index (χ3v) is 10.4. The Kier molecular flexibility index (Phi) is 36.5. The zero-order valence-corrected chi connectivity index (χ0v) is 37.0. The van der Waals surface area contributed by atoms with Crippen molar-refractivity contribution in [2.24, 2.45) is 0 Å². The summed E-state index contributed by atoms with van der Waals surface area (Å²) < 4.78 is 22.2. The predicted octanol–water partition coefficient (Wildman–Crippen LogP) is 10.2. The van der Waals surface area contributed by atoms with Gasteiger partial charge in [0.1, 0.15) is 31.0 Å². The highest BCUT2D eigenvalue weighted by atomic mass is 16.7. The van der Waals surface area contributed by atoms with Gasteiger partial charge in [0.05, 0.1) is 13.2 Å².